The number of nitrogens with zero attached hydrogens (tertiary/aromatic N) is 1. The molecule has 1 atom stereocenters. The lowest BCUT2D eigenvalue weighted by molar-refractivity contribution is -0.142. The van der Waals surface area contributed by atoms with E-state index >= 15 is 0 Å². The smallest absolute Gasteiger partial charge is 0.326 e. The highest BCUT2D eigenvalue weighted by molar-refractivity contribution is 7.89. The van der Waals surface area contributed by atoms with Crippen molar-refractivity contribution in [3.8, 4) is 0 Å². The van der Waals surface area contributed by atoms with Gasteiger partial charge < -0.3 is 10.4 Å². The van der Waals surface area contributed by atoms with E-state index in [2.05, 4.69) is 5.32 Å². The molecule has 2 N–H and O–H groups in total. The molecule has 0 radical (unpaired) electrons. The summed E-state index contributed by atoms with van der Waals surface area (Å²) in [5, 5.41) is 11.5. The molecule has 0 aromatic rings. The number of amides is 1. The summed E-state index contributed by atoms with van der Waals surface area (Å²) in [5.74, 6) is -1.62. The second kappa shape index (κ2) is 6.74. The number of sulfonamides is 1. The fraction of sp³-hybridized carbons (Fsp3) is 0.846. The molecule has 0 aromatic heterocycles. The van der Waals surface area contributed by atoms with Crippen LogP contribution in [0.25, 0.3) is 0 Å². The third-order valence-corrected chi connectivity index (χ3v) is 5.24. The number of aliphatic carboxylic acids is 1. The van der Waals surface area contributed by atoms with Gasteiger partial charge in [0.05, 0.1) is 12.3 Å². The van der Waals surface area contributed by atoms with Gasteiger partial charge in [0.25, 0.3) is 0 Å². The molecule has 1 aliphatic rings. The Bertz CT molecular complexity index is 495. The van der Waals surface area contributed by atoms with E-state index in [1.165, 1.54) is 0 Å². The maximum atomic E-state index is 11.8. The Morgan fingerprint density at radius 2 is 1.95 bits per heavy atom. The SMILES string of the molecule is CC(C)(C)CCC(NC(=O)CN1CCCS1(=O)=O)C(=O)O. The van der Waals surface area contributed by atoms with Gasteiger partial charge in [-0.15, -0.1) is 0 Å². The van der Waals surface area contributed by atoms with Gasteiger partial charge in [0.1, 0.15) is 6.04 Å². The van der Waals surface area contributed by atoms with Crippen molar-refractivity contribution in [2.24, 2.45) is 5.41 Å². The molecule has 0 saturated carbocycles. The van der Waals surface area contributed by atoms with Gasteiger partial charge in [-0.25, -0.2) is 13.2 Å². The summed E-state index contributed by atoms with van der Waals surface area (Å²) in [5.41, 5.74) is -0.0310. The van der Waals surface area contributed by atoms with Crippen LogP contribution < -0.4 is 5.32 Å². The number of nitrogens with one attached hydrogen (secondary N) is 1. The molecule has 1 heterocycles. The first-order valence-electron chi connectivity index (χ1n) is 7.01. The molecular formula is C13H24N2O5S. The van der Waals surface area contributed by atoms with Crippen LogP contribution in [0.2, 0.25) is 0 Å². The van der Waals surface area contributed by atoms with Crippen LogP contribution >= 0.6 is 0 Å². The Labute approximate surface area is 125 Å². The van der Waals surface area contributed by atoms with Gasteiger partial charge in [0, 0.05) is 6.54 Å². The van der Waals surface area contributed by atoms with Crippen LogP contribution in [0.15, 0.2) is 0 Å². The van der Waals surface area contributed by atoms with E-state index in [9.17, 15) is 18.0 Å². The topological polar surface area (TPSA) is 104 Å². The normalized spacial score (nSPS) is 20.1. The second-order valence-corrected chi connectivity index (χ2v) is 8.65. The average molecular weight is 320 g/mol. The van der Waals surface area contributed by atoms with Gasteiger partial charge in [-0.3, -0.25) is 4.79 Å². The van der Waals surface area contributed by atoms with Crippen LogP contribution in [-0.4, -0.2) is 54.6 Å². The highest BCUT2D eigenvalue weighted by atomic mass is 32.2. The molecule has 122 valence electrons. The molecule has 1 aliphatic heterocycles. The maximum Gasteiger partial charge on any atom is 0.326 e. The fourth-order valence-corrected chi connectivity index (χ4v) is 3.58. The van der Waals surface area contributed by atoms with Gasteiger partial charge in [-0.1, -0.05) is 20.8 Å². The molecule has 8 heteroatoms. The van der Waals surface area contributed by atoms with E-state index in [4.69, 9.17) is 5.11 Å². The lowest BCUT2D eigenvalue weighted by Crippen LogP contribution is -2.46. The van der Waals surface area contributed by atoms with E-state index in [1.807, 2.05) is 20.8 Å². The number of hydrogen-bond acceptors (Lipinski definition) is 4. The van der Waals surface area contributed by atoms with Crippen LogP contribution in [0.3, 0.4) is 0 Å². The highest BCUT2D eigenvalue weighted by Crippen LogP contribution is 2.21. The molecule has 1 fully saturated rings. The van der Waals surface area contributed by atoms with Crippen molar-refractivity contribution in [1.29, 1.82) is 0 Å². The minimum Gasteiger partial charge on any atom is -0.480 e. The van der Waals surface area contributed by atoms with E-state index in [0.717, 1.165) is 4.31 Å². The summed E-state index contributed by atoms with van der Waals surface area (Å²) in [4.78, 5) is 23.0. The largest absolute Gasteiger partial charge is 0.480 e. The zero-order valence-corrected chi connectivity index (χ0v) is 13.6. The van der Waals surface area contributed by atoms with Crippen molar-refractivity contribution < 1.29 is 23.1 Å². The molecule has 0 bridgehead atoms. The standard InChI is InChI=1S/C13H24N2O5S/c1-13(2,3)6-5-10(12(17)18)14-11(16)9-15-7-4-8-21(15,19)20/h10H,4-9H2,1-3H3,(H,14,16)(H,17,18). The summed E-state index contributed by atoms with van der Waals surface area (Å²) in [6.07, 6.45) is 1.46. The number of carbonyl (C=O) groups is 2. The fourth-order valence-electron chi connectivity index (χ4n) is 2.10. The third-order valence-electron chi connectivity index (χ3n) is 3.34. The average Bonchev–Trinajstić information content (AvgIpc) is 2.62. The molecule has 0 aliphatic carbocycles. The Morgan fingerprint density at radius 3 is 2.38 bits per heavy atom. The zero-order valence-electron chi connectivity index (χ0n) is 12.8. The molecule has 0 spiro atoms. The lowest BCUT2D eigenvalue weighted by atomic mass is 9.88. The van der Waals surface area contributed by atoms with Crippen molar-refractivity contribution in [3.63, 3.8) is 0 Å². The molecule has 1 amide bonds. The Kier molecular flexibility index (Phi) is 5.75. The first-order chi connectivity index (χ1) is 9.51. The zero-order chi connectivity index (χ0) is 16.3. The van der Waals surface area contributed by atoms with E-state index < -0.39 is 27.9 Å². The first-order valence-corrected chi connectivity index (χ1v) is 8.62. The van der Waals surface area contributed by atoms with Gasteiger partial charge >= 0.3 is 5.97 Å². The van der Waals surface area contributed by atoms with Gasteiger partial charge in [0.2, 0.25) is 15.9 Å². The van der Waals surface area contributed by atoms with Crippen molar-refractivity contribution in [3.05, 3.63) is 0 Å². The summed E-state index contributed by atoms with van der Waals surface area (Å²) < 4.78 is 24.3. The highest BCUT2D eigenvalue weighted by Gasteiger charge is 2.31. The number of carboxylic acid groups (broad SMARTS) is 1. The van der Waals surface area contributed by atoms with Crippen LogP contribution in [0.5, 0.6) is 0 Å². The maximum absolute atomic E-state index is 11.8. The molecule has 0 aromatic carbocycles. The molecule has 7 nitrogen and oxygen atoms in total. The molecule has 1 saturated heterocycles. The lowest BCUT2D eigenvalue weighted by Gasteiger charge is -2.22. The second-order valence-electron chi connectivity index (χ2n) is 6.56. The van der Waals surface area contributed by atoms with Crippen molar-refractivity contribution >= 4 is 21.9 Å². The minimum atomic E-state index is -3.35. The number of rotatable bonds is 6. The predicted octanol–water partition coefficient (Wildman–Crippen LogP) is 0.418. The third kappa shape index (κ3) is 6.01. The summed E-state index contributed by atoms with van der Waals surface area (Å²) in [7, 11) is -3.35. The molecule has 1 rings (SSSR count). The first kappa shape index (κ1) is 17.9. The van der Waals surface area contributed by atoms with Crippen molar-refractivity contribution in [2.45, 2.75) is 46.1 Å². The van der Waals surface area contributed by atoms with Gasteiger partial charge in [0.15, 0.2) is 0 Å². The van der Waals surface area contributed by atoms with E-state index in [0.29, 0.717) is 25.8 Å². The summed E-state index contributed by atoms with van der Waals surface area (Å²) in [6.45, 7) is 5.98. The Hall–Kier alpha value is -1.15. The Morgan fingerprint density at radius 1 is 1.33 bits per heavy atom. The van der Waals surface area contributed by atoms with Crippen molar-refractivity contribution in [1.82, 2.24) is 9.62 Å². The van der Waals surface area contributed by atoms with Crippen LogP contribution in [0, 0.1) is 5.41 Å². The Balaban J connectivity index is 2.55. The van der Waals surface area contributed by atoms with Gasteiger partial charge in [-0.2, -0.15) is 4.31 Å². The molecule has 21 heavy (non-hydrogen) atoms. The monoisotopic (exact) mass is 320 g/mol. The van der Waals surface area contributed by atoms with Crippen LogP contribution in [-0.2, 0) is 19.6 Å². The van der Waals surface area contributed by atoms with Crippen molar-refractivity contribution in [2.75, 3.05) is 18.8 Å². The molecular weight excluding hydrogens is 296 g/mol. The quantitative estimate of drug-likeness (QED) is 0.738. The van der Waals surface area contributed by atoms with E-state index in [-0.39, 0.29) is 17.7 Å². The van der Waals surface area contributed by atoms with Crippen LogP contribution in [0.4, 0.5) is 0 Å². The number of carboxylic acids is 1. The van der Waals surface area contributed by atoms with Crippen LogP contribution in [0.1, 0.15) is 40.0 Å². The minimum absolute atomic E-state index is 0.0310. The van der Waals surface area contributed by atoms with Gasteiger partial charge in [-0.05, 0) is 24.7 Å². The van der Waals surface area contributed by atoms with E-state index in [1.54, 1.807) is 0 Å². The molecule has 1 unspecified atom stereocenters. The number of hydrogen-bond donors (Lipinski definition) is 2. The number of carbonyl (C=O) groups excluding carboxylic acids is 1. The summed E-state index contributed by atoms with van der Waals surface area (Å²) >= 11 is 0. The predicted molar refractivity (Wildman–Crippen MR) is 78.2 cm³/mol. The summed E-state index contributed by atoms with van der Waals surface area (Å²) in [6, 6.07) is -0.984.